The first-order valence-corrected chi connectivity index (χ1v) is 48.5. The maximum Gasteiger partial charge on any atom is 0.310 e. The summed E-state index contributed by atoms with van der Waals surface area (Å²) in [6, 6.07) is 6.19. The third-order valence-electron chi connectivity index (χ3n) is 24.1. The van der Waals surface area contributed by atoms with Crippen LogP contribution in [0.4, 0.5) is 0 Å². The lowest BCUT2D eigenvalue weighted by molar-refractivity contribution is -0.335. The fraction of sp³-hybridized carbons (Fsp3) is 0.660. The molecule has 5 heterocycles. The quantitative estimate of drug-likeness (QED) is 0.00473. The summed E-state index contributed by atoms with van der Waals surface area (Å²) in [5, 5.41) is 65.0. The summed E-state index contributed by atoms with van der Waals surface area (Å²) >= 11 is 2.90. The fourth-order valence-electron chi connectivity index (χ4n) is 16.4. The van der Waals surface area contributed by atoms with Crippen molar-refractivity contribution in [2.75, 3.05) is 60.0 Å². The van der Waals surface area contributed by atoms with Gasteiger partial charge in [-0.3, -0.25) is 48.1 Å². The van der Waals surface area contributed by atoms with E-state index in [2.05, 4.69) is 39.6 Å². The summed E-state index contributed by atoms with van der Waals surface area (Å²) in [7, 11) is 6.89. The van der Waals surface area contributed by atoms with Gasteiger partial charge in [0.05, 0.1) is 96.7 Å². The van der Waals surface area contributed by atoms with Gasteiger partial charge in [0, 0.05) is 111 Å². The van der Waals surface area contributed by atoms with Gasteiger partial charge in [-0.15, -0.1) is 0 Å². The highest BCUT2D eigenvalue weighted by atomic mass is 127. The Bertz CT molecular complexity index is 4520. The highest BCUT2D eigenvalue weighted by Gasteiger charge is 2.53. The van der Waals surface area contributed by atoms with E-state index < -0.39 is 138 Å². The Morgan fingerprint density at radius 2 is 1.47 bits per heavy atom. The van der Waals surface area contributed by atoms with Crippen LogP contribution in [-0.4, -0.2) is 256 Å². The largest absolute Gasteiger partial charge is 0.496 e. The molecule has 5 saturated heterocycles. The number of unbranched alkanes of at least 4 members (excludes halogenated alkanes) is 2. The molecular formula is C94H129IN4O27S3. The van der Waals surface area contributed by atoms with Crippen LogP contribution in [0, 0.1) is 64.3 Å². The van der Waals surface area contributed by atoms with E-state index in [0.717, 1.165) is 23.7 Å². The van der Waals surface area contributed by atoms with Gasteiger partial charge in [-0.2, -0.15) is 5.48 Å². The highest BCUT2D eigenvalue weighted by molar-refractivity contribution is 14.1. The maximum absolute atomic E-state index is 14.6. The van der Waals surface area contributed by atoms with Crippen molar-refractivity contribution < 1.29 is 130 Å². The van der Waals surface area contributed by atoms with Crippen LogP contribution in [0.25, 0.3) is 0 Å². The van der Waals surface area contributed by atoms with E-state index in [9.17, 15) is 68.7 Å². The van der Waals surface area contributed by atoms with Gasteiger partial charge in [-0.25, -0.2) is 0 Å². The number of hydroxylamine groups is 1. The first-order chi connectivity index (χ1) is 61.2. The minimum Gasteiger partial charge on any atom is -0.496 e. The molecule has 31 nitrogen and oxygen atoms in total. The van der Waals surface area contributed by atoms with E-state index in [0.29, 0.717) is 97.2 Å². The highest BCUT2D eigenvalue weighted by Crippen LogP contribution is 2.47. The van der Waals surface area contributed by atoms with Crippen molar-refractivity contribution in [2.24, 2.45) is 28.3 Å². The van der Waals surface area contributed by atoms with Crippen LogP contribution in [0.3, 0.4) is 0 Å². The van der Waals surface area contributed by atoms with Crippen LogP contribution >= 0.6 is 55.9 Å². The molecule has 18 unspecified atom stereocenters. The zero-order chi connectivity index (χ0) is 94.4. The number of rotatable bonds is 45. The first-order valence-electron chi connectivity index (χ1n) is 44.3. The van der Waals surface area contributed by atoms with E-state index in [4.69, 9.17) is 61.8 Å². The molecule has 2 aromatic carbocycles. The molecule has 3 amide bonds. The van der Waals surface area contributed by atoms with E-state index >= 15 is 0 Å². The summed E-state index contributed by atoms with van der Waals surface area (Å²) in [6.45, 7) is 25.1. The number of hydrogen-bond acceptors (Lipinski definition) is 32. The van der Waals surface area contributed by atoms with E-state index in [-0.39, 0.29) is 156 Å². The molecule has 5 fully saturated rings. The number of aliphatic hydroxyl groups is 5. The number of nitrogens with one attached hydrogen (secondary N) is 2. The molecule has 0 radical (unpaired) electrons. The molecule has 5 aliphatic heterocycles. The number of ether oxygens (including phenoxy) is 11. The number of aliphatic hydroxyl groups excluding tert-OH is 4. The van der Waals surface area contributed by atoms with E-state index in [1.54, 1.807) is 40.7 Å². The molecular weight excluding hydrogens is 1840 g/mol. The standard InChI is InChI=1S/C94H129IN4O27S3/c1-52-45-74(118-51-61(52)46-53(2)100)124-86-81(109)79(98-126-75-49-68(103)87(59(8)120-75)128-89(112)76-54(3)78(95)84(55(4)83(76)115-15)125-90-82(110)85(116-16)80(108)58(7)122-90)57(6)121-91(86)123-70-30-21-17-18-22-38-94(113)50-69(104)65(47-73(107)114-14)77(70)66(94)37-44-127-129-93(12,13)39-36-63(102)29-25-43-119-97-56(5)60-32-34-64(35-33-60)117-42-26-31-71(105)96-40-24-28-62(101)27-20-19-23-41-99-72(106)48-67(88(99)111)92(9,10)11/h17-18,32-35,37,52,57-59,61,67-68,70,74-75,79-82,85-87,90-91,98,103,108-110,113H,19-20,23-29,31,36,39-51H2,1-16H3,(H,96,105)/b18-17-,66-37-,97-56-/t52?,57?,58?,59?,61?,67?,68?,70-,74?,75?,79?,80?,81?,82?,85?,86?,87?,90?,91?,94-/m0/s1. The Labute approximate surface area is 782 Å². The number of halogens is 1. The molecule has 2 bridgehead atoms. The number of ketones is 4. The summed E-state index contributed by atoms with van der Waals surface area (Å²) < 4.78 is 67.4. The Kier molecular flexibility index (Phi) is 40.7. The molecule has 0 aromatic heterocycles. The summed E-state index contributed by atoms with van der Waals surface area (Å²) in [5.74, 6) is 10.9. The zero-order valence-electron chi connectivity index (χ0n) is 76.7. The maximum atomic E-state index is 14.6. The number of Topliss-reactive ketones (excluding diaryl/α,β-unsaturated/α-hetero) is 4. The van der Waals surface area contributed by atoms with Gasteiger partial charge < -0.3 is 92.6 Å². The van der Waals surface area contributed by atoms with Crippen molar-refractivity contribution in [3.05, 3.63) is 85.0 Å². The molecule has 2 aliphatic carbocycles. The number of nitrogens with zero attached hydrogens (tertiary/aromatic N) is 2. The topological polar surface area (TPSA) is 414 Å². The molecule has 35 heteroatoms. The monoisotopic (exact) mass is 1970 g/mol. The minimum atomic E-state index is -2.15. The average Bonchev–Trinajstić information content (AvgIpc) is 1.44. The van der Waals surface area contributed by atoms with E-state index in [1.807, 2.05) is 95.3 Å². The van der Waals surface area contributed by atoms with Crippen LogP contribution in [0.2, 0.25) is 0 Å². The Hall–Kier alpha value is -6.70. The van der Waals surface area contributed by atoms with Gasteiger partial charge in [-0.1, -0.05) is 102 Å². The fourth-order valence-corrected chi connectivity index (χ4v) is 20.8. The summed E-state index contributed by atoms with van der Waals surface area (Å²) in [6.07, 6.45) is -6.93. The molecule has 0 spiro atoms. The summed E-state index contributed by atoms with van der Waals surface area (Å²) in [5.41, 5.74) is 3.14. The Morgan fingerprint density at radius 1 is 0.767 bits per heavy atom. The number of thioether (sulfide) groups is 1. The number of oxime groups is 1. The third kappa shape index (κ3) is 29.4. The molecule has 129 heavy (non-hydrogen) atoms. The van der Waals surface area contributed by atoms with Crippen molar-refractivity contribution in [3.63, 3.8) is 0 Å². The average molecular weight is 1970 g/mol. The second-order valence-corrected chi connectivity index (χ2v) is 40.9. The number of likely N-dealkylation sites (tertiary alicyclic amines) is 1. The van der Waals surface area contributed by atoms with Crippen LogP contribution in [0.5, 0.6) is 17.2 Å². The summed E-state index contributed by atoms with van der Waals surface area (Å²) in [4.78, 5) is 132. The zero-order valence-corrected chi connectivity index (χ0v) is 81.3. The number of esters is 1. The SMILES string of the molecule is COC(=O)CC1=C2/C(=C/CSSC(C)(C)CCC(=O)CCCO/N=C(/C)c3ccc(OCCCC(=O)NCCCC(=O)CCCCCN4C(=O)CC(C(C)(C)C)C4=O)cc3)[C@](O)(C#C/C=C\C#C[C@@H]2OC2OC(C)C(NOC3CC(O)C(SC(=O)c4c(C)c(I)c(OC5OC(C)C(O)C(OC)C5O)c(C)c4OC)C(C)O3)C(O)C2OC2CC(C)C(CC(C)=O)CO2)CC1=O. The first kappa shape index (κ1) is 106. The third-order valence-corrected chi connectivity index (χ3v) is 30.0. The molecule has 712 valence electrons. The normalized spacial score (nSPS) is 29.1. The van der Waals surface area contributed by atoms with Crippen LogP contribution < -0.4 is 25.0 Å². The van der Waals surface area contributed by atoms with Crippen LogP contribution in [-0.2, 0) is 85.9 Å². The Morgan fingerprint density at radius 3 is 2.15 bits per heavy atom. The Balaban J connectivity index is 0.763. The predicted molar refractivity (Wildman–Crippen MR) is 492 cm³/mol. The van der Waals surface area contributed by atoms with Gasteiger partial charge in [0.1, 0.15) is 77.8 Å². The van der Waals surface area contributed by atoms with Gasteiger partial charge in [0.15, 0.2) is 30.3 Å². The second kappa shape index (κ2) is 49.5. The molecule has 9 rings (SSSR count). The predicted octanol–water partition coefficient (Wildman–Crippen LogP) is 10.7. The van der Waals surface area contributed by atoms with Gasteiger partial charge in [-0.05, 0) is 188 Å². The number of imide groups is 1. The van der Waals surface area contributed by atoms with Crippen molar-refractivity contribution in [3.8, 4) is 40.9 Å². The number of methoxy groups -OCH3 is 3. The molecule has 2 aromatic rings. The minimum absolute atomic E-state index is 0.0109. The molecule has 20 atom stereocenters. The van der Waals surface area contributed by atoms with Crippen molar-refractivity contribution >= 4 is 114 Å². The lowest BCUT2D eigenvalue weighted by Gasteiger charge is -2.46. The van der Waals surface area contributed by atoms with Crippen LogP contribution in [0.1, 0.15) is 219 Å². The van der Waals surface area contributed by atoms with E-state index in [1.165, 1.54) is 66.9 Å². The smallest absolute Gasteiger partial charge is 0.310 e. The number of amides is 3. The van der Waals surface area contributed by atoms with Crippen LogP contribution in [0.15, 0.2) is 64.4 Å². The number of fused-ring (bicyclic) bond motifs is 2. The van der Waals surface area contributed by atoms with Gasteiger partial charge in [0.2, 0.25) is 29.1 Å². The molecule has 7 N–H and O–H groups in total. The van der Waals surface area contributed by atoms with Gasteiger partial charge >= 0.3 is 5.97 Å². The molecule has 7 aliphatic rings. The number of benzene rings is 2. The lowest BCUT2D eigenvalue weighted by atomic mass is 9.72. The second-order valence-electron chi connectivity index (χ2n) is 35.7. The lowest BCUT2D eigenvalue weighted by Crippen LogP contribution is -2.64. The molecule has 0 saturated carbocycles. The van der Waals surface area contributed by atoms with Crippen molar-refractivity contribution in [1.29, 1.82) is 0 Å². The van der Waals surface area contributed by atoms with Gasteiger partial charge in [0.25, 0.3) is 0 Å². The number of allylic oxidation sites excluding steroid dienone is 2. The number of hydrogen-bond donors (Lipinski definition) is 7. The van der Waals surface area contributed by atoms with Crippen molar-refractivity contribution in [2.45, 2.75) is 313 Å². The van der Waals surface area contributed by atoms with Crippen molar-refractivity contribution in [1.82, 2.24) is 15.7 Å². The number of carbonyl (C=O) groups excluding carboxylic acids is 9. The number of carbonyl (C=O) groups is 9.